The minimum absolute atomic E-state index is 0.0147. The summed E-state index contributed by atoms with van der Waals surface area (Å²) in [4.78, 5) is 24.6. The van der Waals surface area contributed by atoms with Gasteiger partial charge in [-0.25, -0.2) is 0 Å². The Morgan fingerprint density at radius 1 is 1.25 bits per heavy atom. The predicted octanol–water partition coefficient (Wildman–Crippen LogP) is 1.89. The second kappa shape index (κ2) is 6.41. The third kappa shape index (κ3) is 3.73. The number of anilines is 1. The van der Waals surface area contributed by atoms with E-state index in [4.69, 9.17) is 4.74 Å². The molecule has 0 bridgehead atoms. The van der Waals surface area contributed by atoms with Gasteiger partial charge in [0.15, 0.2) is 6.61 Å². The molecule has 0 saturated heterocycles. The van der Waals surface area contributed by atoms with Gasteiger partial charge in [0.1, 0.15) is 5.75 Å². The summed E-state index contributed by atoms with van der Waals surface area (Å²) < 4.78 is 5.36. The number of hydrogen-bond acceptors (Lipinski definition) is 3. The van der Waals surface area contributed by atoms with Crippen LogP contribution in [0.15, 0.2) is 24.3 Å². The van der Waals surface area contributed by atoms with Crippen LogP contribution in [0.5, 0.6) is 5.75 Å². The number of hydrogen-bond donors (Lipinski definition) is 1. The highest BCUT2D eigenvalue weighted by Gasteiger charge is 2.24. The van der Waals surface area contributed by atoms with E-state index in [0.717, 1.165) is 24.9 Å². The second-order valence-electron chi connectivity index (χ2n) is 5.22. The van der Waals surface area contributed by atoms with E-state index in [-0.39, 0.29) is 24.3 Å². The van der Waals surface area contributed by atoms with Crippen LogP contribution < -0.4 is 10.1 Å². The monoisotopic (exact) mass is 276 g/mol. The molecule has 1 aromatic carbocycles. The van der Waals surface area contributed by atoms with E-state index in [1.807, 2.05) is 0 Å². The van der Waals surface area contributed by atoms with Crippen molar-refractivity contribution in [3.63, 3.8) is 0 Å². The Morgan fingerprint density at radius 3 is 2.40 bits per heavy atom. The standard InChI is InChI=1S/C15H20N2O3/c1-17(2)14(18)10-20-13-8-6-12(7-9-13)16-15(19)11-4-3-5-11/h6-9,11H,3-5,10H2,1-2H3,(H,16,19). The van der Waals surface area contributed by atoms with Crippen molar-refractivity contribution in [3.05, 3.63) is 24.3 Å². The smallest absolute Gasteiger partial charge is 0.259 e. The molecule has 0 aromatic heterocycles. The minimum atomic E-state index is -0.0904. The van der Waals surface area contributed by atoms with Gasteiger partial charge in [-0.05, 0) is 37.1 Å². The first-order chi connectivity index (χ1) is 9.56. The van der Waals surface area contributed by atoms with Crippen molar-refractivity contribution in [3.8, 4) is 5.75 Å². The highest BCUT2D eigenvalue weighted by molar-refractivity contribution is 5.93. The number of ether oxygens (including phenoxy) is 1. The maximum Gasteiger partial charge on any atom is 0.259 e. The molecule has 108 valence electrons. The van der Waals surface area contributed by atoms with E-state index >= 15 is 0 Å². The van der Waals surface area contributed by atoms with Crippen LogP contribution in [0.3, 0.4) is 0 Å². The van der Waals surface area contributed by atoms with Crippen molar-refractivity contribution in [2.24, 2.45) is 5.92 Å². The summed E-state index contributed by atoms with van der Waals surface area (Å²) in [5.41, 5.74) is 0.758. The van der Waals surface area contributed by atoms with Gasteiger partial charge in [-0.3, -0.25) is 9.59 Å². The highest BCUT2D eigenvalue weighted by Crippen LogP contribution is 2.27. The predicted molar refractivity (Wildman–Crippen MR) is 76.6 cm³/mol. The van der Waals surface area contributed by atoms with Gasteiger partial charge in [0.05, 0.1) is 0 Å². The quantitative estimate of drug-likeness (QED) is 0.893. The molecule has 2 rings (SSSR count). The van der Waals surface area contributed by atoms with Crippen molar-refractivity contribution >= 4 is 17.5 Å². The van der Waals surface area contributed by atoms with Crippen molar-refractivity contribution in [2.75, 3.05) is 26.0 Å². The van der Waals surface area contributed by atoms with Gasteiger partial charge in [-0.1, -0.05) is 6.42 Å². The number of carbonyl (C=O) groups excluding carboxylic acids is 2. The van der Waals surface area contributed by atoms with Crippen LogP contribution >= 0.6 is 0 Å². The Bertz CT molecular complexity index is 478. The fourth-order valence-corrected chi connectivity index (χ4v) is 1.82. The molecule has 0 spiro atoms. The molecule has 0 unspecified atom stereocenters. The molecule has 1 N–H and O–H groups in total. The van der Waals surface area contributed by atoms with Crippen LogP contribution in [0.1, 0.15) is 19.3 Å². The molecule has 20 heavy (non-hydrogen) atoms. The van der Waals surface area contributed by atoms with Gasteiger partial charge in [-0.2, -0.15) is 0 Å². The van der Waals surface area contributed by atoms with E-state index in [0.29, 0.717) is 5.75 Å². The molecule has 0 heterocycles. The number of nitrogens with zero attached hydrogens (tertiary/aromatic N) is 1. The van der Waals surface area contributed by atoms with E-state index in [1.165, 1.54) is 4.90 Å². The molecule has 2 amide bonds. The molecule has 1 saturated carbocycles. The molecule has 5 heteroatoms. The van der Waals surface area contributed by atoms with Crippen LogP contribution in [0, 0.1) is 5.92 Å². The molecule has 1 aliphatic rings. The fourth-order valence-electron chi connectivity index (χ4n) is 1.82. The fraction of sp³-hybridized carbons (Fsp3) is 0.467. The van der Waals surface area contributed by atoms with E-state index in [1.54, 1.807) is 38.4 Å². The van der Waals surface area contributed by atoms with Gasteiger partial charge in [0.2, 0.25) is 5.91 Å². The lowest BCUT2D eigenvalue weighted by atomic mass is 9.85. The third-order valence-electron chi connectivity index (χ3n) is 3.46. The first-order valence-corrected chi connectivity index (χ1v) is 6.80. The normalized spacial score (nSPS) is 14.3. The van der Waals surface area contributed by atoms with Crippen molar-refractivity contribution in [2.45, 2.75) is 19.3 Å². The Labute approximate surface area is 118 Å². The maximum atomic E-state index is 11.8. The zero-order chi connectivity index (χ0) is 14.5. The molecule has 1 fully saturated rings. The number of rotatable bonds is 5. The largest absolute Gasteiger partial charge is 0.484 e. The van der Waals surface area contributed by atoms with Crippen molar-refractivity contribution in [1.82, 2.24) is 4.90 Å². The molecule has 1 aromatic rings. The lowest BCUT2D eigenvalue weighted by molar-refractivity contribution is -0.130. The molecule has 0 aliphatic heterocycles. The summed E-state index contributed by atoms with van der Waals surface area (Å²) >= 11 is 0. The van der Waals surface area contributed by atoms with Gasteiger partial charge < -0.3 is 15.0 Å². The molecule has 0 radical (unpaired) electrons. The summed E-state index contributed by atoms with van der Waals surface area (Å²) in [6.07, 6.45) is 3.12. The molecular weight excluding hydrogens is 256 g/mol. The topological polar surface area (TPSA) is 58.6 Å². The van der Waals surface area contributed by atoms with Gasteiger partial charge in [0.25, 0.3) is 5.91 Å². The van der Waals surface area contributed by atoms with Crippen LogP contribution in [-0.2, 0) is 9.59 Å². The number of nitrogens with one attached hydrogen (secondary N) is 1. The Morgan fingerprint density at radius 2 is 1.90 bits per heavy atom. The Kier molecular flexibility index (Phi) is 4.61. The molecule has 0 atom stereocenters. The number of carbonyl (C=O) groups is 2. The highest BCUT2D eigenvalue weighted by atomic mass is 16.5. The lowest BCUT2D eigenvalue weighted by Crippen LogP contribution is -2.28. The third-order valence-corrected chi connectivity index (χ3v) is 3.46. The van der Waals surface area contributed by atoms with E-state index in [2.05, 4.69) is 5.32 Å². The summed E-state index contributed by atoms with van der Waals surface area (Å²) in [5, 5.41) is 2.88. The molecule has 1 aliphatic carbocycles. The Balaban J connectivity index is 1.83. The summed E-state index contributed by atoms with van der Waals surface area (Å²) in [7, 11) is 3.37. The average Bonchev–Trinajstić information content (AvgIpc) is 2.35. The second-order valence-corrected chi connectivity index (χ2v) is 5.22. The molecular formula is C15H20N2O3. The van der Waals surface area contributed by atoms with E-state index < -0.39 is 0 Å². The summed E-state index contributed by atoms with van der Waals surface area (Å²) in [5.74, 6) is 0.783. The average molecular weight is 276 g/mol. The first kappa shape index (κ1) is 14.4. The van der Waals surface area contributed by atoms with Crippen LogP contribution in [0.2, 0.25) is 0 Å². The SMILES string of the molecule is CN(C)C(=O)COc1ccc(NC(=O)C2CCC2)cc1. The van der Waals surface area contributed by atoms with Gasteiger partial charge in [-0.15, -0.1) is 0 Å². The lowest BCUT2D eigenvalue weighted by Gasteiger charge is -2.24. The summed E-state index contributed by atoms with van der Waals surface area (Å²) in [6, 6.07) is 7.07. The number of likely N-dealkylation sites (N-methyl/N-ethyl adjacent to an activating group) is 1. The van der Waals surface area contributed by atoms with Crippen LogP contribution in [-0.4, -0.2) is 37.4 Å². The van der Waals surface area contributed by atoms with Gasteiger partial charge >= 0.3 is 0 Å². The number of benzene rings is 1. The van der Waals surface area contributed by atoms with Crippen LogP contribution in [0.4, 0.5) is 5.69 Å². The zero-order valence-corrected chi connectivity index (χ0v) is 11.9. The van der Waals surface area contributed by atoms with Gasteiger partial charge in [0, 0.05) is 25.7 Å². The maximum absolute atomic E-state index is 11.8. The van der Waals surface area contributed by atoms with E-state index in [9.17, 15) is 9.59 Å². The molecule has 5 nitrogen and oxygen atoms in total. The zero-order valence-electron chi connectivity index (χ0n) is 11.9. The summed E-state index contributed by atoms with van der Waals surface area (Å²) in [6.45, 7) is 0.0147. The first-order valence-electron chi connectivity index (χ1n) is 6.80. The Hall–Kier alpha value is -2.04. The van der Waals surface area contributed by atoms with Crippen molar-refractivity contribution in [1.29, 1.82) is 0 Å². The van der Waals surface area contributed by atoms with Crippen molar-refractivity contribution < 1.29 is 14.3 Å². The minimum Gasteiger partial charge on any atom is -0.484 e. The number of amides is 2. The van der Waals surface area contributed by atoms with Crippen LogP contribution in [0.25, 0.3) is 0 Å².